The van der Waals surface area contributed by atoms with E-state index in [9.17, 15) is 9.18 Å². The maximum Gasteiger partial charge on any atom is 0.329 e. The van der Waals surface area contributed by atoms with Crippen molar-refractivity contribution in [2.24, 2.45) is 5.92 Å². The molecule has 4 rings (SSSR count). The van der Waals surface area contributed by atoms with E-state index in [1.54, 1.807) is 6.07 Å². The summed E-state index contributed by atoms with van der Waals surface area (Å²) in [5.74, 6) is 1.41. The normalized spacial score (nSPS) is 13.9. The van der Waals surface area contributed by atoms with Crippen LogP contribution >= 0.6 is 11.8 Å². The Bertz CT molecular complexity index is 990. The zero-order valence-electron chi connectivity index (χ0n) is 15.5. The summed E-state index contributed by atoms with van der Waals surface area (Å²) < 4.78 is 15.4. The average Bonchev–Trinajstić information content (AvgIpc) is 3.44. The van der Waals surface area contributed by atoms with Crippen molar-refractivity contribution < 1.29 is 14.0 Å². The van der Waals surface area contributed by atoms with Gasteiger partial charge in [-0.3, -0.25) is 0 Å². The standard InChI is InChI=1S/C22H22FNO2S/c1-14-20(11-16-5-8-19(9-6-16)27-13-17-3-4-17)21-12-18(23)7-10-22(21)24(14)26-15(2)25/h5-10,12,17H,3-4,11,13H2,1-2H3. The van der Waals surface area contributed by atoms with Gasteiger partial charge in [-0.25, -0.2) is 9.18 Å². The minimum Gasteiger partial charge on any atom is -0.337 e. The van der Waals surface area contributed by atoms with Gasteiger partial charge in [0.25, 0.3) is 0 Å². The molecule has 3 nitrogen and oxygen atoms in total. The number of aromatic nitrogens is 1. The number of fused-ring (bicyclic) bond motifs is 1. The van der Waals surface area contributed by atoms with Crippen LogP contribution in [0.2, 0.25) is 0 Å². The number of thioether (sulfide) groups is 1. The Morgan fingerprint density at radius 2 is 1.96 bits per heavy atom. The summed E-state index contributed by atoms with van der Waals surface area (Å²) in [5, 5.41) is 0.779. The molecule has 0 unspecified atom stereocenters. The molecular weight excluding hydrogens is 361 g/mol. The Morgan fingerprint density at radius 1 is 1.22 bits per heavy atom. The first-order chi connectivity index (χ1) is 13.0. The van der Waals surface area contributed by atoms with Crippen LogP contribution in [0.5, 0.6) is 0 Å². The van der Waals surface area contributed by atoms with Gasteiger partial charge in [-0.2, -0.15) is 4.73 Å². The molecule has 1 aliphatic carbocycles. The second-order valence-corrected chi connectivity index (χ2v) is 8.27. The average molecular weight is 383 g/mol. The van der Waals surface area contributed by atoms with Crippen molar-refractivity contribution in [2.45, 2.75) is 38.0 Å². The molecule has 0 spiro atoms. The molecule has 1 aliphatic rings. The molecule has 27 heavy (non-hydrogen) atoms. The van der Waals surface area contributed by atoms with Crippen LogP contribution in [0.4, 0.5) is 4.39 Å². The fraction of sp³-hybridized carbons (Fsp3) is 0.318. The van der Waals surface area contributed by atoms with Gasteiger partial charge in [-0.15, -0.1) is 11.8 Å². The Balaban J connectivity index is 1.63. The van der Waals surface area contributed by atoms with Crippen LogP contribution in [0.25, 0.3) is 10.9 Å². The Kier molecular flexibility index (Phi) is 4.96. The highest BCUT2D eigenvalue weighted by atomic mass is 32.2. The number of hydrogen-bond acceptors (Lipinski definition) is 3. The minimum absolute atomic E-state index is 0.296. The monoisotopic (exact) mass is 383 g/mol. The number of rotatable bonds is 6. The quantitative estimate of drug-likeness (QED) is 0.551. The van der Waals surface area contributed by atoms with E-state index in [4.69, 9.17) is 4.84 Å². The van der Waals surface area contributed by atoms with Crippen LogP contribution in [-0.2, 0) is 11.2 Å². The van der Waals surface area contributed by atoms with Crippen molar-refractivity contribution >= 4 is 28.6 Å². The molecule has 0 saturated heterocycles. The van der Waals surface area contributed by atoms with Crippen LogP contribution in [0, 0.1) is 18.7 Å². The highest BCUT2D eigenvalue weighted by molar-refractivity contribution is 7.99. The zero-order chi connectivity index (χ0) is 19.0. The van der Waals surface area contributed by atoms with Gasteiger partial charge in [-0.1, -0.05) is 12.1 Å². The van der Waals surface area contributed by atoms with Crippen molar-refractivity contribution in [3.05, 3.63) is 65.1 Å². The fourth-order valence-corrected chi connectivity index (χ4v) is 4.39. The minimum atomic E-state index is -0.400. The Labute approximate surface area is 162 Å². The van der Waals surface area contributed by atoms with Gasteiger partial charge < -0.3 is 4.84 Å². The molecule has 140 valence electrons. The second-order valence-electron chi connectivity index (χ2n) is 7.18. The van der Waals surface area contributed by atoms with Gasteiger partial charge in [0.2, 0.25) is 0 Å². The van der Waals surface area contributed by atoms with Gasteiger partial charge in [0.1, 0.15) is 5.82 Å². The van der Waals surface area contributed by atoms with E-state index in [0.29, 0.717) is 11.9 Å². The molecule has 0 N–H and O–H groups in total. The lowest BCUT2D eigenvalue weighted by atomic mass is 10.0. The number of carbonyl (C=O) groups excluding carboxylic acids is 1. The predicted molar refractivity (Wildman–Crippen MR) is 107 cm³/mol. The molecule has 5 heteroatoms. The highest BCUT2D eigenvalue weighted by Gasteiger charge is 2.21. The van der Waals surface area contributed by atoms with Crippen molar-refractivity contribution in [3.63, 3.8) is 0 Å². The summed E-state index contributed by atoms with van der Waals surface area (Å²) in [6.45, 7) is 3.27. The summed E-state index contributed by atoms with van der Waals surface area (Å²) >= 11 is 1.91. The fourth-order valence-electron chi connectivity index (χ4n) is 3.30. The van der Waals surface area contributed by atoms with Crippen LogP contribution < -0.4 is 4.84 Å². The molecule has 1 heterocycles. The molecule has 3 aromatic rings. The van der Waals surface area contributed by atoms with E-state index < -0.39 is 5.97 Å². The van der Waals surface area contributed by atoms with Gasteiger partial charge >= 0.3 is 5.97 Å². The molecule has 1 fully saturated rings. The summed E-state index contributed by atoms with van der Waals surface area (Å²) in [5.41, 5.74) is 3.65. The van der Waals surface area contributed by atoms with E-state index in [-0.39, 0.29) is 5.82 Å². The van der Waals surface area contributed by atoms with E-state index in [0.717, 1.165) is 28.1 Å². The summed E-state index contributed by atoms with van der Waals surface area (Å²) in [4.78, 5) is 18.1. The Morgan fingerprint density at radius 3 is 2.63 bits per heavy atom. The largest absolute Gasteiger partial charge is 0.337 e. The topological polar surface area (TPSA) is 31.2 Å². The van der Waals surface area contributed by atoms with E-state index in [2.05, 4.69) is 24.3 Å². The van der Waals surface area contributed by atoms with Crippen molar-refractivity contribution in [3.8, 4) is 0 Å². The van der Waals surface area contributed by atoms with Crippen LogP contribution in [0.1, 0.15) is 36.6 Å². The van der Waals surface area contributed by atoms with E-state index >= 15 is 0 Å². The molecule has 0 amide bonds. The van der Waals surface area contributed by atoms with Crippen molar-refractivity contribution in [1.29, 1.82) is 0 Å². The lowest BCUT2D eigenvalue weighted by molar-refractivity contribution is -0.141. The molecule has 0 radical (unpaired) electrons. The van der Waals surface area contributed by atoms with Gasteiger partial charge in [0, 0.05) is 23.0 Å². The van der Waals surface area contributed by atoms with Gasteiger partial charge in [-0.05, 0) is 73.6 Å². The third-order valence-corrected chi connectivity index (χ3v) is 6.19. The summed E-state index contributed by atoms with van der Waals surface area (Å²) in [7, 11) is 0. The number of hydrogen-bond donors (Lipinski definition) is 0. The first-order valence-electron chi connectivity index (χ1n) is 9.21. The SMILES string of the molecule is CC(=O)On1c(C)c(Cc2ccc(SCC3CC3)cc2)c2cc(F)ccc21. The molecule has 0 aliphatic heterocycles. The van der Waals surface area contributed by atoms with E-state index in [1.165, 1.54) is 47.3 Å². The summed E-state index contributed by atoms with van der Waals surface area (Å²) in [6.07, 6.45) is 3.40. The highest BCUT2D eigenvalue weighted by Crippen LogP contribution is 2.35. The van der Waals surface area contributed by atoms with E-state index in [1.807, 2.05) is 18.7 Å². The van der Waals surface area contributed by atoms with Gasteiger partial charge in [0.15, 0.2) is 0 Å². The maximum atomic E-state index is 13.8. The zero-order valence-corrected chi connectivity index (χ0v) is 16.3. The smallest absolute Gasteiger partial charge is 0.329 e. The van der Waals surface area contributed by atoms with Crippen molar-refractivity contribution in [1.82, 2.24) is 4.73 Å². The number of halogens is 1. The molecule has 0 atom stereocenters. The van der Waals surface area contributed by atoms with Gasteiger partial charge in [0.05, 0.1) is 11.2 Å². The molecule has 1 saturated carbocycles. The molecular formula is C22H22FNO2S. The number of benzene rings is 2. The number of nitrogens with zero attached hydrogens (tertiary/aromatic N) is 1. The van der Waals surface area contributed by atoms with Crippen LogP contribution in [-0.4, -0.2) is 16.5 Å². The maximum absolute atomic E-state index is 13.8. The predicted octanol–water partition coefficient (Wildman–Crippen LogP) is 5.16. The van der Waals surface area contributed by atoms with Crippen LogP contribution in [0.3, 0.4) is 0 Å². The lowest BCUT2D eigenvalue weighted by Gasteiger charge is -2.07. The Hall–Kier alpha value is -2.27. The van der Waals surface area contributed by atoms with Crippen LogP contribution in [0.15, 0.2) is 47.4 Å². The molecule has 1 aromatic heterocycles. The lowest BCUT2D eigenvalue weighted by Crippen LogP contribution is -2.17. The molecule has 0 bridgehead atoms. The summed E-state index contributed by atoms with van der Waals surface area (Å²) in [6, 6.07) is 13.1. The molecule has 2 aromatic carbocycles. The third kappa shape index (κ3) is 4.03. The second kappa shape index (κ2) is 7.39. The van der Waals surface area contributed by atoms with Crippen molar-refractivity contribution in [2.75, 3.05) is 5.75 Å². The third-order valence-electron chi connectivity index (χ3n) is 4.95. The first kappa shape index (κ1) is 18.1. The number of carbonyl (C=O) groups is 1. The first-order valence-corrected chi connectivity index (χ1v) is 10.2.